The van der Waals surface area contributed by atoms with E-state index < -0.39 is 6.37 Å². The predicted octanol–water partition coefficient (Wildman–Crippen LogP) is 10.5. The molecule has 0 aliphatic carbocycles. The molecule has 0 N–H and O–H groups in total. The summed E-state index contributed by atoms with van der Waals surface area (Å²) >= 11 is 0. The van der Waals surface area contributed by atoms with Crippen LogP contribution in [0.1, 0.15) is 13.9 Å². The number of para-hydroxylation sites is 2. The minimum atomic E-state index is -1.62. The maximum Gasteiger partial charge on any atom is 0.120 e. The first-order valence-electron chi connectivity index (χ1n) is 15.7. The largest absolute Gasteiger partial charge is 0.501 e. The van der Waals surface area contributed by atoms with E-state index in [9.17, 15) is 0 Å². The van der Waals surface area contributed by atoms with Gasteiger partial charge in [0.15, 0.2) is 0 Å². The van der Waals surface area contributed by atoms with Gasteiger partial charge in [-0.15, -0.1) is 36.4 Å². The molecular formula is C41H26IrN2O2-2. The molecule has 4 nitrogen and oxygen atoms in total. The van der Waals surface area contributed by atoms with E-state index in [4.69, 9.17) is 11.6 Å². The standard InChI is InChI=1S/C24H16NO.C17H10NO.Ir/c1-2-7-17(8-3-1)15-18-13-14-25-22(16-18)21-11-6-10-20-19-9-4-5-12-23(19)26-24(20)21;1-2-10-16-12(6-1)13-7-5-8-14(17(13)19-16)15-9-3-4-11-18-15;/h1-10,12-14,16H,15H2;1-7,9-11H;/q2*-1;/i15D2;;. The van der Waals surface area contributed by atoms with Gasteiger partial charge in [-0.2, -0.15) is 0 Å². The van der Waals surface area contributed by atoms with Gasteiger partial charge in [-0.3, -0.25) is 0 Å². The summed E-state index contributed by atoms with van der Waals surface area (Å²) in [5.41, 5.74) is 7.60. The summed E-state index contributed by atoms with van der Waals surface area (Å²) in [5, 5.41) is 4.28. The van der Waals surface area contributed by atoms with Gasteiger partial charge in [0.2, 0.25) is 0 Å². The number of furan rings is 2. The Balaban J connectivity index is 0.000000159. The van der Waals surface area contributed by atoms with E-state index in [0.29, 0.717) is 22.4 Å². The van der Waals surface area contributed by atoms with Gasteiger partial charge in [0.05, 0.1) is 11.2 Å². The van der Waals surface area contributed by atoms with Crippen LogP contribution in [0, 0.1) is 12.1 Å². The summed E-state index contributed by atoms with van der Waals surface area (Å²) in [4.78, 5) is 8.86. The first kappa shape index (κ1) is 27.0. The Kier molecular flexibility index (Phi) is 7.60. The fourth-order valence-electron chi connectivity index (χ4n) is 5.61. The van der Waals surface area contributed by atoms with E-state index in [0.717, 1.165) is 55.1 Å². The van der Waals surface area contributed by atoms with Crippen molar-refractivity contribution in [2.45, 2.75) is 6.37 Å². The number of pyridine rings is 2. The monoisotopic (exact) mass is 773 g/mol. The molecule has 0 unspecified atom stereocenters. The van der Waals surface area contributed by atoms with Gasteiger partial charge in [0.1, 0.15) is 11.2 Å². The molecular weight excluding hydrogens is 745 g/mol. The van der Waals surface area contributed by atoms with Crippen molar-refractivity contribution >= 4 is 43.9 Å². The van der Waals surface area contributed by atoms with Crippen LogP contribution in [-0.4, -0.2) is 9.97 Å². The maximum atomic E-state index is 8.62. The number of hydrogen-bond donors (Lipinski definition) is 0. The average molecular weight is 773 g/mol. The average Bonchev–Trinajstić information content (AvgIpc) is 3.71. The summed E-state index contributed by atoms with van der Waals surface area (Å²) in [5.74, 6) is 0. The minimum absolute atomic E-state index is 0. The Labute approximate surface area is 282 Å². The Bertz CT molecular complexity index is 2510. The molecule has 4 aromatic heterocycles. The molecule has 0 amide bonds. The molecule has 5 aromatic carbocycles. The van der Waals surface area contributed by atoms with Crippen LogP contribution in [0.15, 0.2) is 155 Å². The smallest absolute Gasteiger partial charge is 0.120 e. The number of aromatic nitrogens is 2. The van der Waals surface area contributed by atoms with Gasteiger partial charge in [0, 0.05) is 46.0 Å². The minimum Gasteiger partial charge on any atom is -0.501 e. The predicted molar refractivity (Wildman–Crippen MR) is 181 cm³/mol. The fraction of sp³-hybridized carbons (Fsp3) is 0.0244. The van der Waals surface area contributed by atoms with E-state index >= 15 is 0 Å². The van der Waals surface area contributed by atoms with E-state index in [1.54, 1.807) is 36.7 Å². The zero-order valence-corrected chi connectivity index (χ0v) is 26.8. The van der Waals surface area contributed by atoms with Crippen molar-refractivity contribution in [1.82, 2.24) is 9.97 Å². The quantitative estimate of drug-likeness (QED) is 0.167. The number of nitrogens with zero attached hydrogens (tertiary/aromatic N) is 2. The number of benzene rings is 5. The maximum absolute atomic E-state index is 8.62. The van der Waals surface area contributed by atoms with E-state index in [1.807, 2.05) is 103 Å². The molecule has 0 fully saturated rings. The summed E-state index contributed by atoms with van der Waals surface area (Å²) in [6.07, 6.45) is 1.80. The SMILES string of the molecule is [2H]C([2H])(c1ccccc1)c1ccnc(-c2[c-]ccc3c2oc2ccccc23)c1.[Ir].[c-]1ccc2c(oc3ccccc32)c1-c1ccccn1. The summed E-state index contributed by atoms with van der Waals surface area (Å²) in [6.45, 7) is 0. The van der Waals surface area contributed by atoms with Crippen LogP contribution in [0.4, 0.5) is 0 Å². The van der Waals surface area contributed by atoms with Crippen LogP contribution in [0.2, 0.25) is 0 Å². The van der Waals surface area contributed by atoms with Crippen LogP contribution in [0.5, 0.6) is 0 Å². The van der Waals surface area contributed by atoms with Gasteiger partial charge >= 0.3 is 0 Å². The van der Waals surface area contributed by atoms with Crippen LogP contribution >= 0.6 is 0 Å². The molecule has 4 heterocycles. The molecule has 0 saturated carbocycles. The Hall–Kier alpha value is -5.35. The number of fused-ring (bicyclic) bond motifs is 6. The Morgan fingerprint density at radius 1 is 0.522 bits per heavy atom. The van der Waals surface area contributed by atoms with Crippen molar-refractivity contribution in [1.29, 1.82) is 0 Å². The summed E-state index contributed by atoms with van der Waals surface area (Å²) in [6, 6.07) is 48.7. The molecule has 0 aliphatic rings. The van der Waals surface area contributed by atoms with E-state index in [1.165, 1.54) is 0 Å². The van der Waals surface area contributed by atoms with Crippen molar-refractivity contribution in [3.63, 3.8) is 0 Å². The first-order chi connectivity index (χ1) is 23.1. The van der Waals surface area contributed by atoms with Crippen LogP contribution in [0.25, 0.3) is 66.4 Å². The number of hydrogen-bond acceptors (Lipinski definition) is 4. The Morgan fingerprint density at radius 3 is 1.72 bits per heavy atom. The molecule has 9 rings (SSSR count). The molecule has 0 atom stereocenters. The van der Waals surface area contributed by atoms with E-state index in [-0.39, 0.29) is 20.1 Å². The zero-order chi connectivity index (χ0) is 31.8. The van der Waals surface area contributed by atoms with Crippen molar-refractivity contribution < 1.29 is 31.7 Å². The normalized spacial score (nSPS) is 11.9. The molecule has 9 aromatic rings. The second-order valence-corrected chi connectivity index (χ2v) is 10.5. The zero-order valence-electron chi connectivity index (χ0n) is 26.4. The van der Waals surface area contributed by atoms with Crippen LogP contribution in [-0.2, 0) is 26.5 Å². The van der Waals surface area contributed by atoms with Gasteiger partial charge in [-0.05, 0) is 53.2 Å². The molecule has 5 heteroatoms. The topological polar surface area (TPSA) is 52.1 Å². The van der Waals surface area contributed by atoms with Gasteiger partial charge in [0.25, 0.3) is 0 Å². The van der Waals surface area contributed by atoms with Crippen molar-refractivity contribution in [3.8, 4) is 22.5 Å². The van der Waals surface area contributed by atoms with Crippen molar-refractivity contribution in [2.24, 2.45) is 0 Å². The molecule has 46 heavy (non-hydrogen) atoms. The fourth-order valence-corrected chi connectivity index (χ4v) is 5.61. The van der Waals surface area contributed by atoms with Gasteiger partial charge in [-0.1, -0.05) is 107 Å². The third kappa shape index (κ3) is 5.63. The Morgan fingerprint density at radius 2 is 1.09 bits per heavy atom. The first-order valence-corrected chi connectivity index (χ1v) is 14.7. The third-order valence-electron chi connectivity index (χ3n) is 7.68. The molecule has 1 radical (unpaired) electrons. The van der Waals surface area contributed by atoms with Gasteiger partial charge in [-0.25, -0.2) is 0 Å². The molecule has 0 saturated heterocycles. The third-order valence-corrected chi connectivity index (χ3v) is 7.68. The van der Waals surface area contributed by atoms with Crippen LogP contribution < -0.4 is 0 Å². The molecule has 0 bridgehead atoms. The molecule has 0 spiro atoms. The second kappa shape index (κ2) is 12.9. The van der Waals surface area contributed by atoms with Crippen molar-refractivity contribution in [3.05, 3.63) is 169 Å². The van der Waals surface area contributed by atoms with Crippen LogP contribution in [0.3, 0.4) is 0 Å². The summed E-state index contributed by atoms with van der Waals surface area (Å²) < 4.78 is 29.3. The van der Waals surface area contributed by atoms with Gasteiger partial charge < -0.3 is 18.8 Å². The second-order valence-electron chi connectivity index (χ2n) is 10.5. The molecule has 223 valence electrons. The van der Waals surface area contributed by atoms with E-state index in [2.05, 4.69) is 28.2 Å². The number of rotatable bonds is 4. The summed E-state index contributed by atoms with van der Waals surface area (Å²) in [7, 11) is 0. The molecule has 0 aliphatic heterocycles. The van der Waals surface area contributed by atoms with Crippen molar-refractivity contribution in [2.75, 3.05) is 0 Å².